The van der Waals surface area contributed by atoms with E-state index in [4.69, 9.17) is 0 Å². The summed E-state index contributed by atoms with van der Waals surface area (Å²) in [5.41, 5.74) is 1.77. The van der Waals surface area contributed by atoms with Crippen molar-refractivity contribution in [1.82, 2.24) is 5.32 Å². The van der Waals surface area contributed by atoms with Gasteiger partial charge in [0, 0.05) is 36.7 Å². The second-order valence-electron chi connectivity index (χ2n) is 5.85. The lowest BCUT2D eigenvalue weighted by atomic mass is 9.87. The van der Waals surface area contributed by atoms with Gasteiger partial charge in [-0.05, 0) is 25.3 Å². The summed E-state index contributed by atoms with van der Waals surface area (Å²) in [5, 5.41) is 23.8. The van der Waals surface area contributed by atoms with E-state index >= 15 is 0 Å². The molecule has 110 valence electrons. The Kier molecular flexibility index (Phi) is 4.73. The standard InChI is InChI=1S/C15H22N2O3/c1-12-4-5-13(8-14(12)17(19)20)9-16-10-15(11-18)6-2-3-7-15/h4-5,8,16,18H,2-3,6-7,9-11H2,1H3. The molecule has 0 radical (unpaired) electrons. The molecule has 1 aliphatic carbocycles. The van der Waals surface area contributed by atoms with E-state index < -0.39 is 0 Å². The number of nitro groups is 1. The molecule has 0 amide bonds. The van der Waals surface area contributed by atoms with Crippen molar-refractivity contribution in [3.05, 3.63) is 39.4 Å². The van der Waals surface area contributed by atoms with E-state index in [9.17, 15) is 15.2 Å². The minimum atomic E-state index is -0.342. The van der Waals surface area contributed by atoms with E-state index in [2.05, 4.69) is 5.32 Å². The third kappa shape index (κ3) is 3.35. The highest BCUT2D eigenvalue weighted by Gasteiger charge is 2.32. The molecule has 0 saturated heterocycles. The number of hydrogen-bond donors (Lipinski definition) is 2. The molecule has 0 spiro atoms. The first-order chi connectivity index (χ1) is 9.56. The normalized spacial score (nSPS) is 17.3. The largest absolute Gasteiger partial charge is 0.396 e. The van der Waals surface area contributed by atoms with Gasteiger partial charge in [-0.3, -0.25) is 10.1 Å². The Morgan fingerprint density at radius 3 is 2.70 bits per heavy atom. The smallest absolute Gasteiger partial charge is 0.272 e. The average Bonchev–Trinajstić information content (AvgIpc) is 2.90. The summed E-state index contributed by atoms with van der Waals surface area (Å²) in [7, 11) is 0. The lowest BCUT2D eigenvalue weighted by Crippen LogP contribution is -2.34. The van der Waals surface area contributed by atoms with E-state index in [-0.39, 0.29) is 22.6 Å². The molecular weight excluding hydrogens is 256 g/mol. The van der Waals surface area contributed by atoms with Crippen LogP contribution in [-0.4, -0.2) is 23.2 Å². The molecule has 1 aromatic rings. The predicted molar refractivity (Wildman–Crippen MR) is 77.5 cm³/mol. The highest BCUT2D eigenvalue weighted by Crippen LogP contribution is 2.36. The third-order valence-corrected chi connectivity index (χ3v) is 4.30. The van der Waals surface area contributed by atoms with Crippen LogP contribution in [0.1, 0.15) is 36.8 Å². The van der Waals surface area contributed by atoms with Gasteiger partial charge in [0.25, 0.3) is 5.69 Å². The molecule has 0 heterocycles. The first-order valence-electron chi connectivity index (χ1n) is 7.12. The molecular formula is C15H22N2O3. The van der Waals surface area contributed by atoms with Crippen molar-refractivity contribution in [1.29, 1.82) is 0 Å². The van der Waals surface area contributed by atoms with E-state index in [1.807, 2.05) is 6.07 Å². The van der Waals surface area contributed by atoms with E-state index in [1.165, 1.54) is 12.8 Å². The van der Waals surface area contributed by atoms with Crippen LogP contribution in [-0.2, 0) is 6.54 Å². The summed E-state index contributed by atoms with van der Waals surface area (Å²) >= 11 is 0. The lowest BCUT2D eigenvalue weighted by molar-refractivity contribution is -0.385. The Balaban J connectivity index is 1.94. The number of nitrogens with one attached hydrogen (secondary N) is 1. The number of aliphatic hydroxyl groups is 1. The average molecular weight is 278 g/mol. The molecule has 0 atom stereocenters. The second kappa shape index (κ2) is 6.33. The molecule has 0 bridgehead atoms. The van der Waals surface area contributed by atoms with Gasteiger partial charge in [0.15, 0.2) is 0 Å². The van der Waals surface area contributed by atoms with Crippen molar-refractivity contribution >= 4 is 5.69 Å². The van der Waals surface area contributed by atoms with Gasteiger partial charge in [-0.1, -0.05) is 25.0 Å². The van der Waals surface area contributed by atoms with Gasteiger partial charge < -0.3 is 10.4 Å². The van der Waals surface area contributed by atoms with E-state index in [0.29, 0.717) is 12.1 Å². The zero-order valence-corrected chi connectivity index (χ0v) is 11.9. The van der Waals surface area contributed by atoms with Crippen molar-refractivity contribution in [2.45, 2.75) is 39.2 Å². The fourth-order valence-corrected chi connectivity index (χ4v) is 2.95. The Hall–Kier alpha value is -1.46. The zero-order chi connectivity index (χ0) is 14.6. The Labute approximate surface area is 119 Å². The van der Waals surface area contributed by atoms with Crippen LogP contribution in [0, 0.1) is 22.5 Å². The first-order valence-corrected chi connectivity index (χ1v) is 7.12. The number of hydrogen-bond acceptors (Lipinski definition) is 4. The Bertz CT molecular complexity index is 482. The van der Waals surface area contributed by atoms with Crippen LogP contribution in [0.25, 0.3) is 0 Å². The molecule has 5 heteroatoms. The van der Waals surface area contributed by atoms with Crippen molar-refractivity contribution in [2.75, 3.05) is 13.2 Å². The summed E-state index contributed by atoms with van der Waals surface area (Å²) in [6.07, 6.45) is 4.48. The predicted octanol–water partition coefficient (Wildman–Crippen LogP) is 2.55. The molecule has 0 aromatic heterocycles. The minimum Gasteiger partial charge on any atom is -0.396 e. The summed E-state index contributed by atoms with van der Waals surface area (Å²) in [5.74, 6) is 0. The van der Waals surface area contributed by atoms with E-state index in [1.54, 1.807) is 19.1 Å². The lowest BCUT2D eigenvalue weighted by Gasteiger charge is -2.26. The Morgan fingerprint density at radius 1 is 1.40 bits per heavy atom. The third-order valence-electron chi connectivity index (χ3n) is 4.30. The first kappa shape index (κ1) is 14.9. The fourth-order valence-electron chi connectivity index (χ4n) is 2.95. The molecule has 2 N–H and O–H groups in total. The molecule has 0 unspecified atom stereocenters. The number of benzene rings is 1. The summed E-state index contributed by atoms with van der Waals surface area (Å²) < 4.78 is 0. The van der Waals surface area contributed by atoms with Crippen LogP contribution in [0.5, 0.6) is 0 Å². The summed E-state index contributed by atoms with van der Waals surface area (Å²) in [6, 6.07) is 5.32. The summed E-state index contributed by atoms with van der Waals surface area (Å²) in [6.45, 7) is 3.33. The molecule has 1 fully saturated rings. The second-order valence-corrected chi connectivity index (χ2v) is 5.85. The van der Waals surface area contributed by atoms with Crippen molar-refractivity contribution in [3.63, 3.8) is 0 Å². The van der Waals surface area contributed by atoms with Gasteiger partial charge >= 0.3 is 0 Å². The molecule has 20 heavy (non-hydrogen) atoms. The monoisotopic (exact) mass is 278 g/mol. The fraction of sp³-hybridized carbons (Fsp3) is 0.600. The van der Waals surface area contributed by atoms with Crippen LogP contribution in [0.4, 0.5) is 5.69 Å². The van der Waals surface area contributed by atoms with Gasteiger partial charge in [0.05, 0.1) is 4.92 Å². The van der Waals surface area contributed by atoms with Crippen molar-refractivity contribution in [2.24, 2.45) is 5.41 Å². The van der Waals surface area contributed by atoms with Crippen LogP contribution < -0.4 is 5.32 Å². The van der Waals surface area contributed by atoms with Gasteiger partial charge in [0.1, 0.15) is 0 Å². The zero-order valence-electron chi connectivity index (χ0n) is 11.9. The molecule has 2 rings (SSSR count). The topological polar surface area (TPSA) is 75.4 Å². The summed E-state index contributed by atoms with van der Waals surface area (Å²) in [4.78, 5) is 10.6. The van der Waals surface area contributed by atoms with Crippen LogP contribution >= 0.6 is 0 Å². The van der Waals surface area contributed by atoms with Gasteiger partial charge in [-0.2, -0.15) is 0 Å². The molecule has 0 aliphatic heterocycles. The van der Waals surface area contributed by atoms with E-state index in [0.717, 1.165) is 24.9 Å². The van der Waals surface area contributed by atoms with Gasteiger partial charge in [-0.15, -0.1) is 0 Å². The number of nitrogens with zero attached hydrogens (tertiary/aromatic N) is 1. The maximum Gasteiger partial charge on any atom is 0.272 e. The number of aryl methyl sites for hydroxylation is 1. The number of rotatable bonds is 6. The van der Waals surface area contributed by atoms with Crippen LogP contribution in [0.2, 0.25) is 0 Å². The van der Waals surface area contributed by atoms with Gasteiger partial charge in [-0.25, -0.2) is 0 Å². The van der Waals surface area contributed by atoms with Crippen molar-refractivity contribution < 1.29 is 10.0 Å². The van der Waals surface area contributed by atoms with Crippen molar-refractivity contribution in [3.8, 4) is 0 Å². The van der Waals surface area contributed by atoms with Gasteiger partial charge in [0.2, 0.25) is 0 Å². The molecule has 1 aromatic carbocycles. The molecule has 1 aliphatic rings. The minimum absolute atomic E-state index is 0.0105. The maximum absolute atomic E-state index is 10.9. The SMILES string of the molecule is Cc1ccc(CNCC2(CO)CCCC2)cc1[N+](=O)[O-]. The Morgan fingerprint density at radius 2 is 2.10 bits per heavy atom. The molecule has 5 nitrogen and oxygen atoms in total. The number of nitro benzene ring substituents is 1. The highest BCUT2D eigenvalue weighted by molar-refractivity contribution is 5.42. The highest BCUT2D eigenvalue weighted by atomic mass is 16.6. The van der Waals surface area contributed by atoms with Crippen LogP contribution in [0.3, 0.4) is 0 Å². The van der Waals surface area contributed by atoms with Crippen LogP contribution in [0.15, 0.2) is 18.2 Å². The number of aliphatic hydroxyl groups excluding tert-OH is 1. The maximum atomic E-state index is 10.9. The molecule has 1 saturated carbocycles. The quantitative estimate of drug-likeness (QED) is 0.619.